The molecule has 84 valence electrons. The minimum atomic E-state index is -1.99. The molecule has 1 atom stereocenters. The number of alkyl halides is 1. The van der Waals surface area contributed by atoms with Crippen molar-refractivity contribution in [1.29, 1.82) is 0 Å². The van der Waals surface area contributed by atoms with Crippen molar-refractivity contribution in [2.75, 3.05) is 6.54 Å². The Hall–Kier alpha value is -1.03. The Kier molecular flexibility index (Phi) is 3.39. The van der Waals surface area contributed by atoms with E-state index in [-0.39, 0.29) is 24.1 Å². The summed E-state index contributed by atoms with van der Waals surface area (Å²) in [6, 6.07) is 2.61. The molecule has 0 aliphatic rings. The molecule has 1 aromatic carbocycles. The van der Waals surface area contributed by atoms with E-state index in [0.29, 0.717) is 0 Å². The van der Waals surface area contributed by atoms with Gasteiger partial charge in [-0.1, -0.05) is 19.1 Å². The van der Waals surface area contributed by atoms with E-state index in [9.17, 15) is 13.2 Å². The first kappa shape index (κ1) is 12.0. The van der Waals surface area contributed by atoms with Gasteiger partial charge < -0.3 is 5.73 Å². The van der Waals surface area contributed by atoms with Gasteiger partial charge in [-0.05, 0) is 18.9 Å². The molecule has 0 spiro atoms. The molecule has 0 bridgehead atoms. The molecule has 0 radical (unpaired) electrons. The van der Waals surface area contributed by atoms with Crippen LogP contribution >= 0.6 is 0 Å². The van der Waals surface area contributed by atoms with Crippen LogP contribution in [0.2, 0.25) is 0 Å². The maximum Gasteiger partial charge on any atom is 0.165 e. The molecule has 0 aromatic heterocycles. The van der Waals surface area contributed by atoms with Gasteiger partial charge in [0, 0.05) is 12.1 Å². The van der Waals surface area contributed by atoms with Gasteiger partial charge in [0.25, 0.3) is 0 Å². The fraction of sp³-hybridized carbons (Fsp3) is 0.455. The number of nitrogens with two attached hydrogens (primary N) is 1. The number of hydrogen-bond acceptors (Lipinski definition) is 1. The van der Waals surface area contributed by atoms with Crippen molar-refractivity contribution in [1.82, 2.24) is 0 Å². The molecule has 0 heterocycles. The first-order chi connectivity index (χ1) is 6.96. The first-order valence-corrected chi connectivity index (χ1v) is 4.80. The van der Waals surface area contributed by atoms with Gasteiger partial charge in [-0.2, -0.15) is 0 Å². The van der Waals surface area contributed by atoms with E-state index in [1.807, 2.05) is 0 Å². The van der Waals surface area contributed by atoms with E-state index in [1.165, 1.54) is 19.1 Å². The third kappa shape index (κ3) is 2.00. The minimum absolute atomic E-state index is 0.0168. The minimum Gasteiger partial charge on any atom is -0.327 e. The fourth-order valence-corrected chi connectivity index (χ4v) is 1.44. The predicted octanol–water partition coefficient (Wildman–Crippen LogP) is 2.81. The number of hydrogen-bond donors (Lipinski definition) is 1. The Morgan fingerprint density at radius 1 is 1.27 bits per heavy atom. The van der Waals surface area contributed by atoms with Crippen LogP contribution in [0.15, 0.2) is 12.1 Å². The molecule has 1 unspecified atom stereocenters. The van der Waals surface area contributed by atoms with Crippen LogP contribution in [0.25, 0.3) is 0 Å². The summed E-state index contributed by atoms with van der Waals surface area (Å²) < 4.78 is 40.7. The van der Waals surface area contributed by atoms with Gasteiger partial charge in [-0.3, -0.25) is 0 Å². The van der Waals surface area contributed by atoms with E-state index < -0.39 is 17.3 Å². The summed E-state index contributed by atoms with van der Waals surface area (Å²) in [6.07, 6.45) is 0.0168. The van der Waals surface area contributed by atoms with Crippen LogP contribution in [0.4, 0.5) is 13.2 Å². The fourth-order valence-electron chi connectivity index (χ4n) is 1.44. The summed E-state index contributed by atoms with van der Waals surface area (Å²) in [5.74, 6) is -2.14. The monoisotopic (exact) mass is 217 g/mol. The van der Waals surface area contributed by atoms with E-state index in [4.69, 9.17) is 5.73 Å². The van der Waals surface area contributed by atoms with Gasteiger partial charge in [-0.15, -0.1) is 0 Å². The zero-order valence-electron chi connectivity index (χ0n) is 8.78. The normalized spacial score (nSPS) is 15.1. The molecular weight excluding hydrogens is 203 g/mol. The number of halogens is 3. The third-order valence-electron chi connectivity index (χ3n) is 2.64. The second-order valence-electron chi connectivity index (χ2n) is 3.58. The van der Waals surface area contributed by atoms with Crippen LogP contribution in [0.3, 0.4) is 0 Å². The highest BCUT2D eigenvalue weighted by atomic mass is 19.2. The molecule has 15 heavy (non-hydrogen) atoms. The van der Waals surface area contributed by atoms with Crippen LogP contribution in [0.5, 0.6) is 0 Å². The Morgan fingerprint density at radius 3 is 2.33 bits per heavy atom. The van der Waals surface area contributed by atoms with Gasteiger partial charge >= 0.3 is 0 Å². The van der Waals surface area contributed by atoms with Gasteiger partial charge in [0.2, 0.25) is 0 Å². The molecular formula is C11H14F3N. The second kappa shape index (κ2) is 4.23. The Balaban J connectivity index is 3.32. The van der Waals surface area contributed by atoms with E-state index in [2.05, 4.69) is 0 Å². The van der Waals surface area contributed by atoms with E-state index in [0.717, 1.165) is 0 Å². The van der Waals surface area contributed by atoms with Gasteiger partial charge in [0.05, 0.1) is 0 Å². The average Bonchev–Trinajstić information content (AvgIpc) is 2.25. The van der Waals surface area contributed by atoms with Crippen LogP contribution in [0.1, 0.15) is 24.5 Å². The molecule has 0 aliphatic heterocycles. The van der Waals surface area contributed by atoms with Crippen molar-refractivity contribution < 1.29 is 13.2 Å². The molecule has 2 N–H and O–H groups in total. The second-order valence-corrected chi connectivity index (χ2v) is 3.58. The van der Waals surface area contributed by atoms with Crippen molar-refractivity contribution in [3.8, 4) is 0 Å². The van der Waals surface area contributed by atoms with Crippen molar-refractivity contribution in [3.63, 3.8) is 0 Å². The van der Waals surface area contributed by atoms with Crippen molar-refractivity contribution >= 4 is 0 Å². The van der Waals surface area contributed by atoms with Crippen molar-refractivity contribution in [3.05, 3.63) is 34.9 Å². The molecule has 0 amide bonds. The lowest BCUT2D eigenvalue weighted by atomic mass is 9.91. The highest BCUT2D eigenvalue weighted by Gasteiger charge is 2.32. The zero-order valence-corrected chi connectivity index (χ0v) is 8.78. The summed E-state index contributed by atoms with van der Waals surface area (Å²) >= 11 is 0. The summed E-state index contributed by atoms with van der Waals surface area (Å²) in [6.45, 7) is 2.61. The lowest BCUT2D eigenvalue weighted by Gasteiger charge is -2.23. The van der Waals surface area contributed by atoms with Gasteiger partial charge in [-0.25, -0.2) is 13.2 Å². The Labute approximate surface area is 87.1 Å². The number of rotatable bonds is 3. The summed E-state index contributed by atoms with van der Waals surface area (Å²) in [5.41, 5.74) is 3.12. The number of aryl methyl sites for hydroxylation is 1. The number of benzene rings is 1. The maximum absolute atomic E-state index is 14.0. The van der Waals surface area contributed by atoms with Crippen LogP contribution in [0, 0.1) is 18.6 Å². The maximum atomic E-state index is 14.0. The van der Waals surface area contributed by atoms with Crippen molar-refractivity contribution in [2.45, 2.75) is 25.9 Å². The molecule has 0 saturated heterocycles. The lowest BCUT2D eigenvalue weighted by Crippen LogP contribution is -2.31. The molecule has 4 heteroatoms. The third-order valence-corrected chi connectivity index (χ3v) is 2.64. The molecule has 0 aliphatic carbocycles. The predicted molar refractivity (Wildman–Crippen MR) is 53.2 cm³/mol. The van der Waals surface area contributed by atoms with E-state index >= 15 is 0 Å². The molecule has 1 rings (SSSR count). The SMILES string of the molecule is CCC(F)(CN)c1ccc(C)c(F)c1F. The quantitative estimate of drug-likeness (QED) is 0.827. The first-order valence-electron chi connectivity index (χ1n) is 4.80. The average molecular weight is 217 g/mol. The largest absolute Gasteiger partial charge is 0.327 e. The van der Waals surface area contributed by atoms with Gasteiger partial charge in [0.1, 0.15) is 0 Å². The highest BCUT2D eigenvalue weighted by molar-refractivity contribution is 5.30. The standard InChI is InChI=1S/C11H14F3N/c1-3-11(14,6-15)8-5-4-7(2)9(12)10(8)13/h4-5H,3,6,15H2,1-2H3. The lowest BCUT2D eigenvalue weighted by molar-refractivity contribution is 0.161. The zero-order chi connectivity index (χ0) is 11.6. The highest BCUT2D eigenvalue weighted by Crippen LogP contribution is 2.32. The topological polar surface area (TPSA) is 26.0 Å². The molecule has 0 saturated carbocycles. The molecule has 1 nitrogen and oxygen atoms in total. The molecule has 1 aromatic rings. The Morgan fingerprint density at radius 2 is 1.87 bits per heavy atom. The van der Waals surface area contributed by atoms with Crippen LogP contribution in [-0.2, 0) is 5.67 Å². The smallest absolute Gasteiger partial charge is 0.165 e. The Bertz CT molecular complexity index is 359. The van der Waals surface area contributed by atoms with Crippen molar-refractivity contribution in [2.24, 2.45) is 5.73 Å². The summed E-state index contributed by atoms with van der Waals surface area (Å²) in [5, 5.41) is 0. The van der Waals surface area contributed by atoms with Crippen LogP contribution in [-0.4, -0.2) is 6.54 Å². The van der Waals surface area contributed by atoms with Gasteiger partial charge in [0.15, 0.2) is 17.3 Å². The summed E-state index contributed by atoms with van der Waals surface area (Å²) in [7, 11) is 0. The van der Waals surface area contributed by atoms with Crippen LogP contribution < -0.4 is 5.73 Å². The van der Waals surface area contributed by atoms with E-state index in [1.54, 1.807) is 6.92 Å². The summed E-state index contributed by atoms with van der Waals surface area (Å²) in [4.78, 5) is 0. The molecule has 0 fully saturated rings.